The molecular weight excluding hydrogens is 394 g/mol. The molecule has 0 saturated heterocycles. The third kappa shape index (κ3) is 10.5. The van der Waals surface area contributed by atoms with Crippen LogP contribution in [0.1, 0.15) is 33.1 Å². The normalized spacial score (nSPS) is 28.1. The van der Waals surface area contributed by atoms with Crippen LogP contribution in [-0.2, 0) is 28.6 Å². The molecule has 0 bridgehead atoms. The maximum atomic E-state index is 12.4. The lowest BCUT2D eigenvalue weighted by molar-refractivity contribution is -0.149. The topological polar surface area (TPSA) is 90.9 Å². The Bertz CT molecular complexity index is 592. The molecule has 0 unspecified atom stereocenters. The Labute approximate surface area is 177 Å². The lowest BCUT2D eigenvalue weighted by Gasteiger charge is -2.20. The van der Waals surface area contributed by atoms with Crippen molar-refractivity contribution in [3.63, 3.8) is 0 Å². The smallest absolute Gasteiger partial charge is 0.328 e. The van der Waals surface area contributed by atoms with Crippen LogP contribution < -0.4 is 5.32 Å². The number of methoxy groups -OCH3 is 1. The van der Waals surface area contributed by atoms with E-state index >= 15 is 0 Å². The van der Waals surface area contributed by atoms with Gasteiger partial charge in [-0.3, -0.25) is 9.59 Å². The number of nitrogens with one attached hydrogen (secondary N) is 1. The Hall–Kier alpha value is -1.80. The van der Waals surface area contributed by atoms with Gasteiger partial charge < -0.3 is 19.5 Å². The van der Waals surface area contributed by atoms with E-state index in [4.69, 9.17) is 14.2 Å². The van der Waals surface area contributed by atoms with Gasteiger partial charge in [0.25, 0.3) is 0 Å². The van der Waals surface area contributed by atoms with E-state index in [0.717, 1.165) is 5.75 Å². The molecule has 0 aliphatic carbocycles. The average Bonchev–Trinajstić information content (AvgIpc) is 2.69. The SMILES string of the molecule is CO[C@H]1COC(=O)CC=C[C@@H](C)COC(=O)[C@H](CCSC)NC(=O)CC=C[C@@H]1C. The summed E-state index contributed by atoms with van der Waals surface area (Å²) in [5.41, 5.74) is 0. The highest BCUT2D eigenvalue weighted by Gasteiger charge is 2.22. The molecule has 0 aromatic rings. The molecular formula is C21H33NO6S. The maximum Gasteiger partial charge on any atom is 0.328 e. The lowest BCUT2D eigenvalue weighted by atomic mass is 10.0. The van der Waals surface area contributed by atoms with Crippen molar-refractivity contribution in [3.8, 4) is 0 Å². The van der Waals surface area contributed by atoms with Crippen LogP contribution in [-0.4, -0.2) is 62.3 Å². The molecule has 8 heteroatoms. The first-order chi connectivity index (χ1) is 13.9. The number of esters is 2. The molecule has 7 nitrogen and oxygen atoms in total. The van der Waals surface area contributed by atoms with Gasteiger partial charge in [0.1, 0.15) is 12.6 Å². The van der Waals surface area contributed by atoms with Crippen LogP contribution in [0.15, 0.2) is 24.3 Å². The van der Waals surface area contributed by atoms with E-state index in [-0.39, 0.29) is 55.9 Å². The third-order valence-electron chi connectivity index (χ3n) is 4.51. The summed E-state index contributed by atoms with van der Waals surface area (Å²) in [7, 11) is 1.56. The summed E-state index contributed by atoms with van der Waals surface area (Å²) in [4.78, 5) is 36.6. The van der Waals surface area contributed by atoms with Gasteiger partial charge in [-0.15, -0.1) is 0 Å². The molecule has 1 aliphatic rings. The monoisotopic (exact) mass is 427 g/mol. The van der Waals surface area contributed by atoms with Gasteiger partial charge in [-0.2, -0.15) is 11.8 Å². The molecule has 0 saturated carbocycles. The number of carbonyl (C=O) groups excluding carboxylic acids is 3. The van der Waals surface area contributed by atoms with Gasteiger partial charge in [-0.1, -0.05) is 38.2 Å². The summed E-state index contributed by atoms with van der Waals surface area (Å²) in [6.45, 7) is 4.13. The molecule has 0 aromatic carbocycles. The zero-order chi connectivity index (χ0) is 21.6. The van der Waals surface area contributed by atoms with E-state index < -0.39 is 12.0 Å². The molecule has 0 fully saturated rings. The number of ether oxygens (including phenoxy) is 3. The highest BCUT2D eigenvalue weighted by atomic mass is 32.2. The number of hydrogen-bond donors (Lipinski definition) is 1. The van der Waals surface area contributed by atoms with Crippen molar-refractivity contribution in [2.75, 3.05) is 32.3 Å². The Kier molecular flexibility index (Phi) is 12.4. The van der Waals surface area contributed by atoms with E-state index in [0.29, 0.717) is 6.42 Å². The van der Waals surface area contributed by atoms with Crippen molar-refractivity contribution in [1.29, 1.82) is 0 Å². The third-order valence-corrected chi connectivity index (χ3v) is 5.15. The molecule has 164 valence electrons. The first kappa shape index (κ1) is 25.2. The molecule has 29 heavy (non-hydrogen) atoms. The largest absolute Gasteiger partial charge is 0.464 e. The Morgan fingerprint density at radius 2 is 1.83 bits per heavy atom. The van der Waals surface area contributed by atoms with Crippen LogP contribution in [0.25, 0.3) is 0 Å². The highest BCUT2D eigenvalue weighted by molar-refractivity contribution is 7.98. The number of amides is 1. The van der Waals surface area contributed by atoms with Crippen LogP contribution in [0.5, 0.6) is 0 Å². The van der Waals surface area contributed by atoms with Crippen molar-refractivity contribution >= 4 is 29.6 Å². The minimum absolute atomic E-state index is 0.0488. The number of cyclic esters (lactones) is 2. The summed E-state index contributed by atoms with van der Waals surface area (Å²) in [5.74, 6) is -0.401. The van der Waals surface area contributed by atoms with Crippen LogP contribution in [0.2, 0.25) is 0 Å². The van der Waals surface area contributed by atoms with E-state index in [1.807, 2.05) is 32.3 Å². The molecule has 1 N–H and O–H groups in total. The lowest BCUT2D eigenvalue weighted by Crippen LogP contribution is -2.42. The fourth-order valence-electron chi connectivity index (χ4n) is 2.69. The predicted octanol–water partition coefficient (Wildman–Crippen LogP) is 2.50. The fraction of sp³-hybridized carbons (Fsp3) is 0.667. The summed E-state index contributed by atoms with van der Waals surface area (Å²) >= 11 is 1.60. The van der Waals surface area contributed by atoms with E-state index in [2.05, 4.69) is 5.32 Å². The van der Waals surface area contributed by atoms with Crippen LogP contribution in [0.4, 0.5) is 0 Å². The molecule has 0 aromatic heterocycles. The first-order valence-electron chi connectivity index (χ1n) is 9.84. The van der Waals surface area contributed by atoms with Crippen molar-refractivity contribution in [2.24, 2.45) is 11.8 Å². The number of thioether (sulfide) groups is 1. The second-order valence-corrected chi connectivity index (χ2v) is 8.08. The average molecular weight is 428 g/mol. The van der Waals surface area contributed by atoms with Crippen LogP contribution >= 0.6 is 11.8 Å². The van der Waals surface area contributed by atoms with E-state index in [9.17, 15) is 14.4 Å². The molecule has 1 rings (SSSR count). The fourth-order valence-corrected chi connectivity index (χ4v) is 3.16. The Balaban J connectivity index is 2.89. The Morgan fingerprint density at radius 1 is 1.10 bits per heavy atom. The molecule has 0 radical (unpaired) electrons. The minimum atomic E-state index is -0.669. The van der Waals surface area contributed by atoms with Gasteiger partial charge in [0.05, 0.1) is 19.1 Å². The van der Waals surface area contributed by atoms with Gasteiger partial charge in [0, 0.05) is 25.4 Å². The number of carbonyl (C=O) groups is 3. The van der Waals surface area contributed by atoms with Gasteiger partial charge in [0.2, 0.25) is 5.91 Å². The summed E-state index contributed by atoms with van der Waals surface area (Å²) < 4.78 is 16.0. The van der Waals surface area contributed by atoms with Gasteiger partial charge in [-0.05, 0) is 18.4 Å². The van der Waals surface area contributed by atoms with Gasteiger partial charge in [-0.25, -0.2) is 4.79 Å². The molecule has 1 amide bonds. The standard InChI is InChI=1S/C21H33NO6S/c1-15-7-5-10-20(24)27-14-18(26-3)16(2)8-6-9-19(23)22-17(11-12-29-4)21(25)28-13-15/h5-8,15-18H,9-14H2,1-4H3,(H,22,23)/t15-,16+,17+,18+/m1/s1. The quantitative estimate of drug-likeness (QED) is 0.544. The van der Waals surface area contributed by atoms with Crippen LogP contribution in [0, 0.1) is 11.8 Å². The minimum Gasteiger partial charge on any atom is -0.464 e. The second-order valence-electron chi connectivity index (χ2n) is 7.09. The first-order valence-corrected chi connectivity index (χ1v) is 11.2. The maximum absolute atomic E-state index is 12.4. The van der Waals surface area contributed by atoms with Crippen molar-refractivity contribution in [2.45, 2.75) is 45.3 Å². The molecule has 1 heterocycles. The van der Waals surface area contributed by atoms with Crippen molar-refractivity contribution in [3.05, 3.63) is 24.3 Å². The van der Waals surface area contributed by atoms with Crippen LogP contribution in [0.3, 0.4) is 0 Å². The summed E-state index contributed by atoms with van der Waals surface area (Å²) in [5, 5.41) is 2.77. The second kappa shape index (κ2) is 14.2. The summed E-state index contributed by atoms with van der Waals surface area (Å²) in [6.07, 6.45) is 9.54. The van der Waals surface area contributed by atoms with E-state index in [1.165, 1.54) is 0 Å². The Morgan fingerprint density at radius 3 is 2.52 bits per heavy atom. The predicted molar refractivity (Wildman–Crippen MR) is 113 cm³/mol. The molecule has 1 aliphatic heterocycles. The molecule has 4 atom stereocenters. The number of rotatable bonds is 4. The summed E-state index contributed by atoms with van der Waals surface area (Å²) in [6, 6.07) is -0.669. The zero-order valence-corrected chi connectivity index (χ0v) is 18.5. The van der Waals surface area contributed by atoms with Gasteiger partial charge >= 0.3 is 11.9 Å². The number of hydrogen-bond acceptors (Lipinski definition) is 7. The van der Waals surface area contributed by atoms with Crippen molar-refractivity contribution in [1.82, 2.24) is 5.32 Å². The van der Waals surface area contributed by atoms with E-state index in [1.54, 1.807) is 31.0 Å². The highest BCUT2D eigenvalue weighted by Crippen LogP contribution is 2.11. The molecule has 0 spiro atoms. The van der Waals surface area contributed by atoms with Crippen molar-refractivity contribution < 1.29 is 28.6 Å². The zero-order valence-electron chi connectivity index (χ0n) is 17.7. The van der Waals surface area contributed by atoms with Gasteiger partial charge in [0.15, 0.2) is 0 Å².